The van der Waals surface area contributed by atoms with Gasteiger partial charge in [0, 0.05) is 12.6 Å². The molecule has 0 heterocycles. The summed E-state index contributed by atoms with van der Waals surface area (Å²) in [4.78, 5) is 0. The largest absolute Gasteiger partial charge is 0.310 e. The van der Waals surface area contributed by atoms with E-state index in [0.717, 1.165) is 23.9 Å². The number of halogens is 1. The molecule has 1 fully saturated rings. The molecule has 0 unspecified atom stereocenters. The number of rotatable bonds is 4. The maximum absolute atomic E-state index is 13.0. The van der Waals surface area contributed by atoms with E-state index in [1.807, 2.05) is 6.07 Å². The molecule has 0 radical (unpaired) electrons. The average Bonchev–Trinajstić information content (AvgIpc) is 2.37. The molecule has 0 aromatic heterocycles. The van der Waals surface area contributed by atoms with Crippen molar-refractivity contribution in [3.8, 4) is 0 Å². The number of hydrogen-bond donors (Lipinski definition) is 1. The second-order valence-corrected chi connectivity index (χ2v) is 5.87. The molecule has 1 aliphatic rings. The third-order valence-electron chi connectivity index (χ3n) is 4.20. The van der Waals surface area contributed by atoms with Gasteiger partial charge in [0.05, 0.1) is 0 Å². The average molecular weight is 249 g/mol. The molecule has 1 N–H and O–H groups in total. The molecule has 1 saturated carbocycles. The molecule has 1 aromatic carbocycles. The second kappa shape index (κ2) is 6.33. The van der Waals surface area contributed by atoms with E-state index in [1.165, 1.54) is 31.7 Å². The first kappa shape index (κ1) is 13.5. The molecule has 2 heteroatoms. The van der Waals surface area contributed by atoms with Crippen molar-refractivity contribution in [3.05, 3.63) is 35.6 Å². The van der Waals surface area contributed by atoms with Gasteiger partial charge in [-0.15, -0.1) is 0 Å². The molecule has 0 aliphatic heterocycles. The van der Waals surface area contributed by atoms with Crippen molar-refractivity contribution in [2.75, 3.05) is 0 Å². The normalized spacial score (nSPS) is 24.4. The molecular weight excluding hydrogens is 225 g/mol. The van der Waals surface area contributed by atoms with Crippen LogP contribution in [0.3, 0.4) is 0 Å². The Morgan fingerprint density at radius 1 is 1.22 bits per heavy atom. The molecule has 0 amide bonds. The van der Waals surface area contributed by atoms with Crippen molar-refractivity contribution in [2.45, 2.75) is 52.1 Å². The van der Waals surface area contributed by atoms with Gasteiger partial charge in [-0.2, -0.15) is 0 Å². The third-order valence-corrected chi connectivity index (χ3v) is 4.20. The van der Waals surface area contributed by atoms with Crippen LogP contribution in [-0.4, -0.2) is 6.04 Å². The molecule has 0 spiro atoms. The molecule has 0 saturated heterocycles. The summed E-state index contributed by atoms with van der Waals surface area (Å²) in [5.74, 6) is 1.57. The van der Waals surface area contributed by atoms with E-state index in [-0.39, 0.29) is 5.82 Å². The Morgan fingerprint density at radius 2 is 1.94 bits per heavy atom. The van der Waals surface area contributed by atoms with Crippen molar-refractivity contribution < 1.29 is 4.39 Å². The lowest BCUT2D eigenvalue weighted by Crippen LogP contribution is -2.33. The van der Waals surface area contributed by atoms with E-state index < -0.39 is 0 Å². The first-order valence-corrected chi connectivity index (χ1v) is 7.13. The van der Waals surface area contributed by atoms with Gasteiger partial charge in [0.2, 0.25) is 0 Å². The highest BCUT2D eigenvalue weighted by Gasteiger charge is 2.22. The molecule has 2 rings (SSSR count). The predicted molar refractivity (Wildman–Crippen MR) is 73.8 cm³/mol. The second-order valence-electron chi connectivity index (χ2n) is 5.87. The molecular formula is C16H24FN. The van der Waals surface area contributed by atoms with Gasteiger partial charge in [-0.3, -0.25) is 0 Å². The van der Waals surface area contributed by atoms with Gasteiger partial charge in [0.1, 0.15) is 5.82 Å². The number of nitrogens with one attached hydrogen (secondary N) is 1. The zero-order chi connectivity index (χ0) is 13.0. The summed E-state index contributed by atoms with van der Waals surface area (Å²) >= 11 is 0. The van der Waals surface area contributed by atoms with Crippen LogP contribution in [0.4, 0.5) is 4.39 Å². The molecule has 0 atom stereocenters. The Labute approximate surface area is 110 Å². The summed E-state index contributed by atoms with van der Waals surface area (Å²) in [5, 5.41) is 3.56. The Bertz CT molecular complexity index is 367. The predicted octanol–water partition coefficient (Wildman–Crippen LogP) is 4.13. The van der Waals surface area contributed by atoms with Crippen molar-refractivity contribution >= 4 is 0 Å². The summed E-state index contributed by atoms with van der Waals surface area (Å²) in [7, 11) is 0. The first-order valence-electron chi connectivity index (χ1n) is 7.13. The standard InChI is InChI=1S/C16H24FN/c1-12(2)14-6-8-16(9-7-14)18-11-13-4-3-5-15(17)10-13/h3-5,10,12,14,16,18H,6-9,11H2,1-2H3. The Balaban J connectivity index is 1.75. The molecule has 1 aromatic rings. The quantitative estimate of drug-likeness (QED) is 0.846. The highest BCUT2D eigenvalue weighted by Crippen LogP contribution is 2.29. The van der Waals surface area contributed by atoms with Gasteiger partial charge in [0.15, 0.2) is 0 Å². The van der Waals surface area contributed by atoms with Crippen LogP contribution < -0.4 is 5.32 Å². The Morgan fingerprint density at radius 3 is 2.56 bits per heavy atom. The Kier molecular flexibility index (Phi) is 4.76. The van der Waals surface area contributed by atoms with E-state index >= 15 is 0 Å². The minimum Gasteiger partial charge on any atom is -0.310 e. The zero-order valence-corrected chi connectivity index (χ0v) is 11.5. The number of benzene rings is 1. The van der Waals surface area contributed by atoms with Gasteiger partial charge in [-0.25, -0.2) is 4.39 Å². The van der Waals surface area contributed by atoms with Gasteiger partial charge in [-0.1, -0.05) is 26.0 Å². The van der Waals surface area contributed by atoms with Crippen molar-refractivity contribution in [1.29, 1.82) is 0 Å². The smallest absolute Gasteiger partial charge is 0.123 e. The summed E-state index contributed by atoms with van der Waals surface area (Å²) in [6, 6.07) is 7.49. The van der Waals surface area contributed by atoms with E-state index in [0.29, 0.717) is 6.04 Å². The SMILES string of the molecule is CC(C)C1CCC(NCc2cccc(F)c2)CC1. The lowest BCUT2D eigenvalue weighted by atomic mass is 9.80. The fourth-order valence-electron chi connectivity index (χ4n) is 2.90. The first-order chi connectivity index (χ1) is 8.65. The lowest BCUT2D eigenvalue weighted by molar-refractivity contribution is 0.238. The molecule has 1 nitrogen and oxygen atoms in total. The van der Waals surface area contributed by atoms with E-state index in [2.05, 4.69) is 19.2 Å². The van der Waals surface area contributed by atoms with Gasteiger partial charge >= 0.3 is 0 Å². The Hall–Kier alpha value is -0.890. The van der Waals surface area contributed by atoms with Crippen molar-refractivity contribution in [1.82, 2.24) is 5.32 Å². The van der Waals surface area contributed by atoms with Gasteiger partial charge in [0.25, 0.3) is 0 Å². The van der Waals surface area contributed by atoms with Gasteiger partial charge < -0.3 is 5.32 Å². The minimum absolute atomic E-state index is 0.141. The van der Waals surface area contributed by atoms with E-state index in [1.54, 1.807) is 12.1 Å². The van der Waals surface area contributed by atoms with Crippen LogP contribution in [0.15, 0.2) is 24.3 Å². The van der Waals surface area contributed by atoms with Crippen LogP contribution in [0, 0.1) is 17.7 Å². The van der Waals surface area contributed by atoms with Crippen LogP contribution in [0.1, 0.15) is 45.1 Å². The molecule has 18 heavy (non-hydrogen) atoms. The molecule has 100 valence electrons. The minimum atomic E-state index is -0.141. The number of hydrogen-bond acceptors (Lipinski definition) is 1. The molecule has 0 bridgehead atoms. The van der Waals surface area contributed by atoms with Crippen LogP contribution in [0.5, 0.6) is 0 Å². The van der Waals surface area contributed by atoms with Crippen molar-refractivity contribution in [2.24, 2.45) is 11.8 Å². The zero-order valence-electron chi connectivity index (χ0n) is 11.5. The van der Waals surface area contributed by atoms with Crippen LogP contribution in [0.25, 0.3) is 0 Å². The van der Waals surface area contributed by atoms with Crippen LogP contribution >= 0.6 is 0 Å². The summed E-state index contributed by atoms with van der Waals surface area (Å²) in [6.07, 6.45) is 5.19. The van der Waals surface area contributed by atoms with E-state index in [4.69, 9.17) is 0 Å². The summed E-state index contributed by atoms with van der Waals surface area (Å²) < 4.78 is 13.0. The maximum Gasteiger partial charge on any atom is 0.123 e. The lowest BCUT2D eigenvalue weighted by Gasteiger charge is -2.31. The highest BCUT2D eigenvalue weighted by atomic mass is 19.1. The van der Waals surface area contributed by atoms with Crippen molar-refractivity contribution in [3.63, 3.8) is 0 Å². The molecule has 1 aliphatic carbocycles. The highest BCUT2D eigenvalue weighted by molar-refractivity contribution is 5.16. The summed E-state index contributed by atoms with van der Waals surface area (Å²) in [5.41, 5.74) is 1.04. The fraction of sp³-hybridized carbons (Fsp3) is 0.625. The third kappa shape index (κ3) is 3.81. The fourth-order valence-corrected chi connectivity index (χ4v) is 2.90. The van der Waals surface area contributed by atoms with Gasteiger partial charge in [-0.05, 0) is 55.2 Å². The summed E-state index contributed by atoms with van der Waals surface area (Å²) in [6.45, 7) is 5.44. The monoisotopic (exact) mass is 249 g/mol. The van der Waals surface area contributed by atoms with Crippen LogP contribution in [-0.2, 0) is 6.54 Å². The topological polar surface area (TPSA) is 12.0 Å². The van der Waals surface area contributed by atoms with E-state index in [9.17, 15) is 4.39 Å². The van der Waals surface area contributed by atoms with Crippen LogP contribution in [0.2, 0.25) is 0 Å². The maximum atomic E-state index is 13.0.